The number of hydrogen-bond acceptors (Lipinski definition) is 5. The summed E-state index contributed by atoms with van der Waals surface area (Å²) in [6, 6.07) is 18.7. The highest BCUT2D eigenvalue weighted by molar-refractivity contribution is 9.10. The van der Waals surface area contributed by atoms with Crippen molar-refractivity contribution < 1.29 is 13.2 Å². The van der Waals surface area contributed by atoms with Crippen LogP contribution in [0.1, 0.15) is 27.8 Å². The maximum absolute atomic E-state index is 14.7. The number of aromatic nitrogens is 2. The van der Waals surface area contributed by atoms with Gasteiger partial charge in [-0.3, -0.25) is 14.8 Å². The summed E-state index contributed by atoms with van der Waals surface area (Å²) in [5.74, 6) is 0.0114. The van der Waals surface area contributed by atoms with Crippen LogP contribution in [-0.4, -0.2) is 42.7 Å². The number of pyridine rings is 2. The van der Waals surface area contributed by atoms with E-state index >= 15 is 0 Å². The van der Waals surface area contributed by atoms with Gasteiger partial charge in [0.25, 0.3) is 0 Å². The molecule has 39 heavy (non-hydrogen) atoms. The van der Waals surface area contributed by atoms with Gasteiger partial charge in [0, 0.05) is 43.4 Å². The summed E-state index contributed by atoms with van der Waals surface area (Å²) in [6.07, 6.45) is 8.05. The lowest BCUT2D eigenvalue weighted by Crippen LogP contribution is -2.43. The van der Waals surface area contributed by atoms with Crippen LogP contribution in [0.15, 0.2) is 94.8 Å². The minimum Gasteiger partial charge on any atom is -0.307 e. The molecule has 0 fully saturated rings. The normalized spacial score (nSPS) is 14.6. The number of carbonyl (C=O) groups is 1. The fraction of sp³-hybridized carbons (Fsp3) is 0.233. The van der Waals surface area contributed by atoms with Crippen molar-refractivity contribution in [2.45, 2.75) is 36.6 Å². The van der Waals surface area contributed by atoms with Gasteiger partial charge in [-0.2, -0.15) is 0 Å². The summed E-state index contributed by atoms with van der Waals surface area (Å²) in [5, 5.41) is 0. The van der Waals surface area contributed by atoms with Crippen LogP contribution in [0.25, 0.3) is 0 Å². The molecule has 0 spiro atoms. The number of hydrogen-bond donors (Lipinski definition) is 0. The van der Waals surface area contributed by atoms with Gasteiger partial charge >= 0.3 is 0 Å². The van der Waals surface area contributed by atoms with E-state index in [0.29, 0.717) is 19.4 Å². The van der Waals surface area contributed by atoms with Crippen molar-refractivity contribution in [1.29, 1.82) is 0 Å². The van der Waals surface area contributed by atoms with Gasteiger partial charge in [0.2, 0.25) is 15.9 Å². The van der Waals surface area contributed by atoms with Crippen molar-refractivity contribution in [2.75, 3.05) is 19.0 Å². The van der Waals surface area contributed by atoms with Crippen molar-refractivity contribution >= 4 is 37.5 Å². The second-order valence-electron chi connectivity index (χ2n) is 10.0. The minimum absolute atomic E-state index is 0.0114. The summed E-state index contributed by atoms with van der Waals surface area (Å²) >= 11 is 3.67. The molecule has 1 aliphatic rings. The highest BCUT2D eigenvalue weighted by atomic mass is 79.9. The predicted octanol–water partition coefficient (Wildman–Crippen LogP) is 5.07. The van der Waals surface area contributed by atoms with E-state index < -0.39 is 15.4 Å². The van der Waals surface area contributed by atoms with Gasteiger partial charge in [-0.15, -0.1) is 0 Å². The molecule has 0 saturated heterocycles. The molecule has 0 unspecified atom stereocenters. The van der Waals surface area contributed by atoms with Crippen LogP contribution in [0.3, 0.4) is 0 Å². The number of halogens is 1. The molecule has 2 aromatic heterocycles. The quantitative estimate of drug-likeness (QED) is 0.280. The van der Waals surface area contributed by atoms with Gasteiger partial charge in [-0.25, -0.2) is 12.7 Å². The van der Waals surface area contributed by atoms with E-state index in [1.165, 1.54) is 18.4 Å². The Hall–Kier alpha value is -3.40. The summed E-state index contributed by atoms with van der Waals surface area (Å²) in [7, 11) is -0.526. The molecular weight excluding hydrogens is 576 g/mol. The van der Waals surface area contributed by atoms with Crippen LogP contribution in [0.2, 0.25) is 0 Å². The lowest BCUT2D eigenvalue weighted by molar-refractivity contribution is -0.123. The molecule has 0 N–H and O–H groups in total. The van der Waals surface area contributed by atoms with E-state index in [9.17, 15) is 13.2 Å². The Balaban J connectivity index is 1.61. The largest absolute Gasteiger partial charge is 0.307 e. The number of sulfonamides is 1. The van der Waals surface area contributed by atoms with E-state index in [-0.39, 0.29) is 10.8 Å². The molecule has 0 atom stereocenters. The standard InChI is InChI=1S/C30H29BrN4O3S/c1-21-27(31)9-8-26-28(21)35(20-24-4-6-25(7-5-24)39(37,38)34(2)3)29(36)30(26,18-22-10-14-32-15-11-22)19-23-12-16-33-17-13-23/h4-17H,18-20H2,1-3H3. The van der Waals surface area contributed by atoms with Crippen molar-refractivity contribution in [1.82, 2.24) is 14.3 Å². The highest BCUT2D eigenvalue weighted by Crippen LogP contribution is 2.49. The first kappa shape index (κ1) is 27.2. The maximum Gasteiger partial charge on any atom is 0.242 e. The third kappa shape index (κ3) is 5.02. The summed E-state index contributed by atoms with van der Waals surface area (Å²) in [6.45, 7) is 2.34. The molecule has 0 radical (unpaired) electrons. The minimum atomic E-state index is -3.54. The molecule has 4 aromatic rings. The fourth-order valence-electron chi connectivity index (χ4n) is 5.30. The first-order valence-corrected chi connectivity index (χ1v) is 14.8. The van der Waals surface area contributed by atoms with Crippen LogP contribution in [0.4, 0.5) is 5.69 Å². The Labute approximate surface area is 237 Å². The topological polar surface area (TPSA) is 83.5 Å². The molecule has 5 rings (SSSR count). The smallest absolute Gasteiger partial charge is 0.242 e. The predicted molar refractivity (Wildman–Crippen MR) is 155 cm³/mol. The Morgan fingerprint density at radius 1 is 0.821 bits per heavy atom. The number of benzene rings is 2. The SMILES string of the molecule is Cc1c(Br)ccc2c1N(Cc1ccc(S(=O)(=O)N(C)C)cc1)C(=O)C2(Cc1ccncc1)Cc1ccncc1. The Kier molecular flexibility index (Phi) is 7.41. The third-order valence-corrected chi connectivity index (χ3v) is 10.0. The molecule has 7 nitrogen and oxygen atoms in total. The highest BCUT2D eigenvalue weighted by Gasteiger charge is 2.51. The molecule has 200 valence electrons. The summed E-state index contributed by atoms with van der Waals surface area (Å²) in [5.41, 5.74) is 4.92. The number of amides is 1. The Morgan fingerprint density at radius 2 is 1.36 bits per heavy atom. The molecule has 9 heteroatoms. The van der Waals surface area contributed by atoms with Crippen LogP contribution in [0.5, 0.6) is 0 Å². The average molecular weight is 606 g/mol. The number of fused-ring (bicyclic) bond motifs is 1. The molecule has 2 aromatic carbocycles. The molecule has 0 saturated carbocycles. The van der Waals surface area contributed by atoms with Crippen LogP contribution < -0.4 is 4.90 Å². The first-order chi connectivity index (χ1) is 18.6. The van der Waals surface area contributed by atoms with Crippen LogP contribution >= 0.6 is 15.9 Å². The van der Waals surface area contributed by atoms with Gasteiger partial charge < -0.3 is 4.90 Å². The van der Waals surface area contributed by atoms with Gasteiger partial charge in [0.15, 0.2) is 0 Å². The zero-order chi connectivity index (χ0) is 27.8. The number of rotatable bonds is 8. The summed E-state index contributed by atoms with van der Waals surface area (Å²) < 4.78 is 27.2. The van der Waals surface area contributed by atoms with Gasteiger partial charge in [0.05, 0.1) is 22.5 Å². The second kappa shape index (κ2) is 10.6. The fourth-order valence-corrected chi connectivity index (χ4v) is 6.52. The number of nitrogens with zero attached hydrogens (tertiary/aromatic N) is 4. The Bertz CT molecular complexity index is 1570. The average Bonchev–Trinajstić information content (AvgIpc) is 3.15. The van der Waals surface area contributed by atoms with Crippen LogP contribution in [0, 0.1) is 6.92 Å². The molecule has 0 aliphatic carbocycles. The maximum atomic E-state index is 14.7. The number of anilines is 1. The van der Waals surface area contributed by atoms with E-state index in [4.69, 9.17) is 0 Å². The van der Waals surface area contributed by atoms with Crippen molar-refractivity contribution in [3.8, 4) is 0 Å². The van der Waals surface area contributed by atoms with Gasteiger partial charge in [-0.05, 0) is 90.0 Å². The zero-order valence-corrected chi connectivity index (χ0v) is 24.4. The van der Waals surface area contributed by atoms with E-state index in [1.54, 1.807) is 49.1 Å². The van der Waals surface area contributed by atoms with Crippen LogP contribution in [-0.2, 0) is 39.6 Å². The molecule has 1 amide bonds. The van der Waals surface area contributed by atoms with Crippen molar-refractivity contribution in [3.05, 3.63) is 118 Å². The molecular formula is C30H29BrN4O3S. The molecule has 0 bridgehead atoms. The lowest BCUT2D eigenvalue weighted by atomic mass is 9.72. The van der Waals surface area contributed by atoms with Crippen molar-refractivity contribution in [3.63, 3.8) is 0 Å². The van der Waals surface area contributed by atoms with Gasteiger partial charge in [-0.1, -0.05) is 34.1 Å². The Morgan fingerprint density at radius 3 is 1.87 bits per heavy atom. The van der Waals surface area contributed by atoms with Crippen molar-refractivity contribution in [2.24, 2.45) is 0 Å². The first-order valence-electron chi connectivity index (χ1n) is 12.5. The lowest BCUT2D eigenvalue weighted by Gasteiger charge is -2.29. The number of carbonyl (C=O) groups excluding carboxylic acids is 1. The molecule has 3 heterocycles. The van der Waals surface area contributed by atoms with Gasteiger partial charge in [0.1, 0.15) is 0 Å². The summed E-state index contributed by atoms with van der Waals surface area (Å²) in [4.78, 5) is 25.1. The third-order valence-electron chi connectivity index (χ3n) is 7.36. The molecule has 1 aliphatic heterocycles. The van der Waals surface area contributed by atoms with E-state index in [0.717, 1.165) is 38.0 Å². The second-order valence-corrected chi connectivity index (χ2v) is 13.0. The van der Waals surface area contributed by atoms with E-state index in [2.05, 4.69) is 32.0 Å². The van der Waals surface area contributed by atoms with E-state index in [1.807, 2.05) is 42.2 Å². The monoisotopic (exact) mass is 604 g/mol. The zero-order valence-electron chi connectivity index (χ0n) is 22.0.